The predicted molar refractivity (Wildman–Crippen MR) is 47.1 cm³/mol. The minimum Gasteiger partial charge on any atom is -0.396 e. The summed E-state index contributed by atoms with van der Waals surface area (Å²) in [6.07, 6.45) is 2.48. The average Bonchev–Trinajstić information content (AvgIpc) is 2.83. The number of aliphatic hydroxyl groups excluding tert-OH is 1. The Kier molecular flexibility index (Phi) is 1.81. The molecule has 2 atom stereocenters. The highest BCUT2D eigenvalue weighted by Crippen LogP contribution is 2.41. The molecule has 1 aliphatic carbocycles. The molecule has 13 heavy (non-hydrogen) atoms. The van der Waals surface area contributed by atoms with Crippen molar-refractivity contribution in [2.45, 2.75) is 12.5 Å². The molecule has 70 valence electrons. The maximum absolute atomic E-state index is 11.3. The quantitative estimate of drug-likeness (QED) is 0.637. The highest BCUT2D eigenvalue weighted by Gasteiger charge is 2.38. The van der Waals surface area contributed by atoms with E-state index in [1.165, 1.54) is 4.57 Å². The summed E-state index contributed by atoms with van der Waals surface area (Å²) in [5.41, 5.74) is 5.01. The molecule has 3 N–H and O–H groups in total. The molecule has 1 aliphatic rings. The third-order valence-corrected chi connectivity index (χ3v) is 2.33. The second-order valence-electron chi connectivity index (χ2n) is 3.29. The van der Waals surface area contributed by atoms with Crippen molar-refractivity contribution in [3.05, 3.63) is 22.7 Å². The minimum absolute atomic E-state index is 0.116. The monoisotopic (exact) mass is 181 g/mol. The second kappa shape index (κ2) is 2.85. The van der Waals surface area contributed by atoms with Gasteiger partial charge in [0.15, 0.2) is 0 Å². The molecule has 0 amide bonds. The predicted octanol–water partition coefficient (Wildman–Crippen LogP) is -0.621. The van der Waals surface area contributed by atoms with E-state index < -0.39 is 0 Å². The molecular formula is C8H11N3O2. The molecule has 0 aliphatic heterocycles. The normalized spacial score (nSPS) is 25.9. The van der Waals surface area contributed by atoms with E-state index >= 15 is 0 Å². The first kappa shape index (κ1) is 8.25. The van der Waals surface area contributed by atoms with Crippen LogP contribution in [0.25, 0.3) is 0 Å². The van der Waals surface area contributed by atoms with Crippen molar-refractivity contribution >= 4 is 5.82 Å². The zero-order valence-electron chi connectivity index (χ0n) is 7.05. The third kappa shape index (κ3) is 1.42. The smallest absolute Gasteiger partial charge is 0.349 e. The summed E-state index contributed by atoms with van der Waals surface area (Å²) in [7, 11) is 0. The number of hydrogen-bond donors (Lipinski definition) is 2. The minimum atomic E-state index is -0.332. The number of aromatic nitrogens is 2. The molecule has 0 unspecified atom stereocenters. The number of nitrogen functional groups attached to an aromatic ring is 1. The first-order valence-corrected chi connectivity index (χ1v) is 4.18. The van der Waals surface area contributed by atoms with Gasteiger partial charge in [-0.25, -0.2) is 4.79 Å². The molecule has 0 saturated heterocycles. The van der Waals surface area contributed by atoms with Crippen molar-refractivity contribution in [3.8, 4) is 0 Å². The Bertz CT molecular complexity index is 374. The maximum Gasteiger partial charge on any atom is 0.349 e. The van der Waals surface area contributed by atoms with Crippen LogP contribution in [0.3, 0.4) is 0 Å². The van der Waals surface area contributed by atoms with Crippen molar-refractivity contribution in [1.29, 1.82) is 0 Å². The van der Waals surface area contributed by atoms with Crippen molar-refractivity contribution in [1.82, 2.24) is 9.55 Å². The Morgan fingerprint density at radius 1 is 1.77 bits per heavy atom. The number of anilines is 1. The molecule has 2 rings (SSSR count). The molecule has 0 aromatic carbocycles. The van der Waals surface area contributed by atoms with Crippen LogP contribution >= 0.6 is 0 Å². The SMILES string of the molecule is Nc1ccn([C@H]2C[C@H]2CO)c(=O)n1. The van der Waals surface area contributed by atoms with Crippen molar-refractivity contribution in [2.75, 3.05) is 12.3 Å². The van der Waals surface area contributed by atoms with E-state index in [1.807, 2.05) is 0 Å². The van der Waals surface area contributed by atoms with E-state index in [1.54, 1.807) is 12.3 Å². The van der Waals surface area contributed by atoms with Gasteiger partial charge in [0.2, 0.25) is 0 Å². The van der Waals surface area contributed by atoms with Gasteiger partial charge in [0, 0.05) is 24.8 Å². The standard InChI is InChI=1S/C8H11N3O2/c9-7-1-2-11(8(13)10-7)6-3-5(6)4-12/h1-2,5-6,12H,3-4H2,(H2,9,10,13)/t5-,6-/m0/s1. The van der Waals surface area contributed by atoms with Gasteiger partial charge in [-0.2, -0.15) is 4.98 Å². The van der Waals surface area contributed by atoms with Crippen LogP contribution in [0.5, 0.6) is 0 Å². The molecule has 0 bridgehead atoms. The van der Waals surface area contributed by atoms with Crippen LogP contribution < -0.4 is 11.4 Å². The molecule has 0 spiro atoms. The van der Waals surface area contributed by atoms with E-state index in [9.17, 15) is 4.79 Å². The van der Waals surface area contributed by atoms with Crippen molar-refractivity contribution < 1.29 is 5.11 Å². The van der Waals surface area contributed by atoms with Gasteiger partial charge in [0.25, 0.3) is 0 Å². The molecule has 5 heteroatoms. The lowest BCUT2D eigenvalue weighted by molar-refractivity contribution is 0.268. The van der Waals surface area contributed by atoms with Crippen LogP contribution in [-0.2, 0) is 0 Å². The number of rotatable bonds is 2. The van der Waals surface area contributed by atoms with Gasteiger partial charge in [-0.3, -0.25) is 4.57 Å². The van der Waals surface area contributed by atoms with E-state index in [-0.39, 0.29) is 30.1 Å². The lowest BCUT2D eigenvalue weighted by Gasteiger charge is -2.02. The fraction of sp³-hybridized carbons (Fsp3) is 0.500. The lowest BCUT2D eigenvalue weighted by atomic mass is 10.4. The number of nitrogens with two attached hydrogens (primary N) is 1. The molecule has 1 aromatic rings. The van der Waals surface area contributed by atoms with Gasteiger partial charge >= 0.3 is 5.69 Å². The van der Waals surface area contributed by atoms with Gasteiger partial charge in [-0.1, -0.05) is 0 Å². The summed E-state index contributed by atoms with van der Waals surface area (Å²) in [5.74, 6) is 0.450. The summed E-state index contributed by atoms with van der Waals surface area (Å²) >= 11 is 0. The van der Waals surface area contributed by atoms with Crippen LogP contribution in [0.15, 0.2) is 17.1 Å². The van der Waals surface area contributed by atoms with E-state index in [0.717, 1.165) is 6.42 Å². The van der Waals surface area contributed by atoms with Gasteiger partial charge in [-0.15, -0.1) is 0 Å². The highest BCUT2D eigenvalue weighted by atomic mass is 16.3. The summed E-state index contributed by atoms with van der Waals surface area (Å²) < 4.78 is 1.53. The molecule has 1 aromatic heterocycles. The van der Waals surface area contributed by atoms with Crippen LogP contribution in [0.2, 0.25) is 0 Å². The Balaban J connectivity index is 2.28. The summed E-state index contributed by atoms with van der Waals surface area (Å²) in [6, 6.07) is 1.71. The van der Waals surface area contributed by atoms with Crippen LogP contribution in [0, 0.1) is 5.92 Å². The average molecular weight is 181 g/mol. The number of hydrogen-bond acceptors (Lipinski definition) is 4. The Morgan fingerprint density at radius 3 is 3.08 bits per heavy atom. The van der Waals surface area contributed by atoms with Gasteiger partial charge in [0.05, 0.1) is 0 Å². The zero-order chi connectivity index (χ0) is 9.42. The third-order valence-electron chi connectivity index (χ3n) is 2.33. The fourth-order valence-electron chi connectivity index (χ4n) is 1.45. The zero-order valence-corrected chi connectivity index (χ0v) is 7.05. The summed E-state index contributed by atoms with van der Waals surface area (Å²) in [6.45, 7) is 0.126. The maximum atomic E-state index is 11.3. The summed E-state index contributed by atoms with van der Waals surface area (Å²) in [5, 5.41) is 8.82. The van der Waals surface area contributed by atoms with Crippen LogP contribution in [-0.4, -0.2) is 21.3 Å². The summed E-state index contributed by atoms with van der Waals surface area (Å²) in [4.78, 5) is 14.9. The topological polar surface area (TPSA) is 81.1 Å². The van der Waals surface area contributed by atoms with Crippen molar-refractivity contribution in [2.24, 2.45) is 5.92 Å². The Hall–Kier alpha value is -1.36. The molecule has 1 fully saturated rings. The van der Waals surface area contributed by atoms with Gasteiger partial charge < -0.3 is 10.8 Å². The number of nitrogens with zero attached hydrogens (tertiary/aromatic N) is 2. The highest BCUT2D eigenvalue weighted by molar-refractivity contribution is 5.24. The lowest BCUT2D eigenvalue weighted by Crippen LogP contribution is -2.23. The van der Waals surface area contributed by atoms with Gasteiger partial charge in [-0.05, 0) is 12.5 Å². The first-order chi connectivity index (χ1) is 6.22. The number of aliphatic hydroxyl groups is 1. The van der Waals surface area contributed by atoms with E-state index in [2.05, 4.69) is 4.98 Å². The van der Waals surface area contributed by atoms with E-state index in [0.29, 0.717) is 0 Å². The fourth-order valence-corrected chi connectivity index (χ4v) is 1.45. The molecule has 1 heterocycles. The van der Waals surface area contributed by atoms with Crippen molar-refractivity contribution in [3.63, 3.8) is 0 Å². The molecule has 0 radical (unpaired) electrons. The van der Waals surface area contributed by atoms with Crippen LogP contribution in [0.4, 0.5) is 5.82 Å². The van der Waals surface area contributed by atoms with E-state index in [4.69, 9.17) is 10.8 Å². The second-order valence-corrected chi connectivity index (χ2v) is 3.29. The largest absolute Gasteiger partial charge is 0.396 e. The Labute approximate surface area is 74.8 Å². The molecule has 5 nitrogen and oxygen atoms in total. The first-order valence-electron chi connectivity index (χ1n) is 4.18. The van der Waals surface area contributed by atoms with Gasteiger partial charge in [0.1, 0.15) is 5.82 Å². The van der Waals surface area contributed by atoms with Crippen LogP contribution in [0.1, 0.15) is 12.5 Å². The molecular weight excluding hydrogens is 170 g/mol. The Morgan fingerprint density at radius 2 is 2.54 bits per heavy atom. The molecule has 1 saturated carbocycles.